The first-order valence-corrected chi connectivity index (χ1v) is 7.97. The molecule has 106 valence electrons. The summed E-state index contributed by atoms with van der Waals surface area (Å²) in [6.07, 6.45) is 8.29. The second-order valence-corrected chi connectivity index (χ2v) is 6.24. The fraction of sp³-hybridized carbons (Fsp3) is 0.474. The predicted molar refractivity (Wildman–Crippen MR) is 84.9 cm³/mol. The highest BCUT2D eigenvalue weighted by Crippen LogP contribution is 2.29. The molecule has 0 saturated heterocycles. The molecule has 2 aromatic rings. The van der Waals surface area contributed by atoms with Gasteiger partial charge in [-0.2, -0.15) is 0 Å². The Balaban J connectivity index is 1.69. The maximum absolute atomic E-state index is 10.4. The van der Waals surface area contributed by atoms with Crippen LogP contribution in [0, 0.1) is 5.92 Å². The number of benzene rings is 2. The van der Waals surface area contributed by atoms with Gasteiger partial charge in [0.15, 0.2) is 0 Å². The third-order valence-corrected chi connectivity index (χ3v) is 4.67. The van der Waals surface area contributed by atoms with Crippen molar-refractivity contribution in [1.29, 1.82) is 0 Å². The van der Waals surface area contributed by atoms with Crippen LogP contribution in [0.4, 0.5) is 0 Å². The lowest BCUT2D eigenvalue weighted by molar-refractivity contribution is 0.130. The van der Waals surface area contributed by atoms with Crippen LogP contribution in [0.3, 0.4) is 0 Å². The van der Waals surface area contributed by atoms with Crippen LogP contribution in [-0.4, -0.2) is 11.2 Å². The van der Waals surface area contributed by atoms with E-state index in [0.717, 1.165) is 18.8 Å². The van der Waals surface area contributed by atoms with E-state index in [1.165, 1.54) is 48.4 Å². The van der Waals surface area contributed by atoms with Crippen molar-refractivity contribution >= 4 is 10.8 Å². The molecule has 1 aliphatic rings. The monoisotopic (exact) mass is 268 g/mol. The normalized spacial score (nSPS) is 18.2. The molecule has 0 bridgehead atoms. The standard InChI is InChI=1S/C19H24O/c20-18(13-15-7-2-1-3-8-15)14-17-11-6-10-16-9-4-5-12-19(16)17/h4-6,9-12,15,18,20H,1-3,7-8,13-14H2. The number of hydrogen-bond acceptors (Lipinski definition) is 1. The Morgan fingerprint density at radius 2 is 1.70 bits per heavy atom. The average Bonchev–Trinajstić information content (AvgIpc) is 2.48. The molecule has 0 aliphatic heterocycles. The molecule has 1 heteroatoms. The summed E-state index contributed by atoms with van der Waals surface area (Å²) in [6, 6.07) is 14.9. The Bertz CT molecular complexity index is 549. The fourth-order valence-corrected chi connectivity index (χ4v) is 3.62. The van der Waals surface area contributed by atoms with Crippen LogP contribution >= 0.6 is 0 Å². The van der Waals surface area contributed by atoms with Gasteiger partial charge in [-0.1, -0.05) is 74.6 Å². The molecule has 1 atom stereocenters. The third-order valence-electron chi connectivity index (χ3n) is 4.67. The number of fused-ring (bicyclic) bond motifs is 1. The Labute approximate surface area is 121 Å². The van der Waals surface area contributed by atoms with Crippen LogP contribution in [0.1, 0.15) is 44.1 Å². The number of rotatable bonds is 4. The summed E-state index contributed by atoms with van der Waals surface area (Å²) in [4.78, 5) is 0. The van der Waals surface area contributed by atoms with Crippen molar-refractivity contribution in [1.82, 2.24) is 0 Å². The molecule has 3 rings (SSSR count). The third kappa shape index (κ3) is 3.21. The van der Waals surface area contributed by atoms with Crippen molar-refractivity contribution in [2.75, 3.05) is 0 Å². The second-order valence-electron chi connectivity index (χ2n) is 6.24. The van der Waals surface area contributed by atoms with Crippen LogP contribution < -0.4 is 0 Å². The van der Waals surface area contributed by atoms with Crippen molar-refractivity contribution in [3.05, 3.63) is 48.0 Å². The van der Waals surface area contributed by atoms with Gasteiger partial charge in [-0.25, -0.2) is 0 Å². The van der Waals surface area contributed by atoms with Gasteiger partial charge in [0.2, 0.25) is 0 Å². The summed E-state index contributed by atoms with van der Waals surface area (Å²) >= 11 is 0. The number of hydrogen-bond donors (Lipinski definition) is 1. The van der Waals surface area contributed by atoms with Gasteiger partial charge in [-0.05, 0) is 35.1 Å². The van der Waals surface area contributed by atoms with Crippen molar-refractivity contribution in [3.8, 4) is 0 Å². The van der Waals surface area contributed by atoms with Crippen LogP contribution in [-0.2, 0) is 6.42 Å². The first-order valence-electron chi connectivity index (χ1n) is 7.97. The molecule has 2 aromatic carbocycles. The summed E-state index contributed by atoms with van der Waals surface area (Å²) in [5, 5.41) is 13.0. The highest BCUT2D eigenvalue weighted by atomic mass is 16.3. The Morgan fingerprint density at radius 1 is 0.950 bits per heavy atom. The first kappa shape index (κ1) is 13.6. The van der Waals surface area contributed by atoms with Gasteiger partial charge in [0, 0.05) is 0 Å². The molecule has 1 N–H and O–H groups in total. The van der Waals surface area contributed by atoms with Gasteiger partial charge in [0.05, 0.1) is 6.10 Å². The van der Waals surface area contributed by atoms with Crippen LogP contribution in [0.15, 0.2) is 42.5 Å². The fourth-order valence-electron chi connectivity index (χ4n) is 3.62. The molecule has 0 aromatic heterocycles. The summed E-state index contributed by atoms with van der Waals surface area (Å²) in [7, 11) is 0. The maximum Gasteiger partial charge on any atom is 0.0583 e. The summed E-state index contributed by atoms with van der Waals surface area (Å²) < 4.78 is 0. The molecule has 0 amide bonds. The quantitative estimate of drug-likeness (QED) is 0.851. The number of aliphatic hydroxyl groups is 1. The zero-order valence-electron chi connectivity index (χ0n) is 12.1. The van der Waals surface area contributed by atoms with Gasteiger partial charge < -0.3 is 5.11 Å². The largest absolute Gasteiger partial charge is 0.393 e. The smallest absolute Gasteiger partial charge is 0.0583 e. The Morgan fingerprint density at radius 3 is 2.55 bits per heavy atom. The van der Waals surface area contributed by atoms with Crippen molar-refractivity contribution in [3.63, 3.8) is 0 Å². The molecule has 1 fully saturated rings. The zero-order valence-corrected chi connectivity index (χ0v) is 12.1. The molecule has 0 radical (unpaired) electrons. The molecular weight excluding hydrogens is 244 g/mol. The minimum Gasteiger partial charge on any atom is -0.393 e. The summed E-state index contributed by atoms with van der Waals surface area (Å²) in [5.41, 5.74) is 1.28. The molecule has 0 spiro atoms. The first-order chi connectivity index (χ1) is 9.83. The summed E-state index contributed by atoms with van der Waals surface area (Å²) in [5.74, 6) is 0.744. The van der Waals surface area contributed by atoms with Gasteiger partial charge in [-0.3, -0.25) is 0 Å². The maximum atomic E-state index is 10.4. The van der Waals surface area contributed by atoms with Gasteiger partial charge in [0.25, 0.3) is 0 Å². The van der Waals surface area contributed by atoms with Crippen LogP contribution in [0.25, 0.3) is 10.8 Å². The highest BCUT2D eigenvalue weighted by molar-refractivity contribution is 5.85. The minimum absolute atomic E-state index is 0.191. The molecule has 1 nitrogen and oxygen atoms in total. The van der Waals surface area contributed by atoms with Crippen molar-refractivity contribution < 1.29 is 5.11 Å². The van der Waals surface area contributed by atoms with Gasteiger partial charge in [0.1, 0.15) is 0 Å². The highest BCUT2D eigenvalue weighted by Gasteiger charge is 2.18. The van der Waals surface area contributed by atoms with Crippen molar-refractivity contribution in [2.45, 2.75) is 51.0 Å². The predicted octanol–water partition coefficient (Wildman–Crippen LogP) is 4.71. The number of aliphatic hydroxyl groups excluding tert-OH is 1. The van der Waals surface area contributed by atoms with E-state index in [1.807, 2.05) is 0 Å². The van der Waals surface area contributed by atoms with E-state index in [2.05, 4.69) is 42.5 Å². The van der Waals surface area contributed by atoms with E-state index in [1.54, 1.807) is 0 Å². The van der Waals surface area contributed by atoms with E-state index < -0.39 is 0 Å². The van der Waals surface area contributed by atoms with Crippen molar-refractivity contribution in [2.24, 2.45) is 5.92 Å². The lowest BCUT2D eigenvalue weighted by atomic mass is 9.84. The molecule has 20 heavy (non-hydrogen) atoms. The Hall–Kier alpha value is -1.34. The lowest BCUT2D eigenvalue weighted by Gasteiger charge is -2.24. The zero-order chi connectivity index (χ0) is 13.8. The van der Waals surface area contributed by atoms with Gasteiger partial charge >= 0.3 is 0 Å². The van der Waals surface area contributed by atoms with E-state index >= 15 is 0 Å². The average molecular weight is 268 g/mol. The topological polar surface area (TPSA) is 20.2 Å². The van der Waals surface area contributed by atoms with E-state index in [0.29, 0.717) is 0 Å². The SMILES string of the molecule is OC(Cc1cccc2ccccc12)CC1CCCCC1. The van der Waals surface area contributed by atoms with Crippen LogP contribution in [0.2, 0.25) is 0 Å². The lowest BCUT2D eigenvalue weighted by Crippen LogP contribution is -2.18. The molecule has 1 saturated carbocycles. The minimum atomic E-state index is -0.191. The van der Waals surface area contributed by atoms with E-state index in [9.17, 15) is 5.11 Å². The molecule has 1 aliphatic carbocycles. The van der Waals surface area contributed by atoms with Crippen LogP contribution in [0.5, 0.6) is 0 Å². The van der Waals surface area contributed by atoms with E-state index in [4.69, 9.17) is 0 Å². The Kier molecular flexibility index (Phi) is 4.37. The molecular formula is C19H24O. The molecule has 1 unspecified atom stereocenters. The summed E-state index contributed by atoms with van der Waals surface area (Å²) in [6.45, 7) is 0. The molecule has 0 heterocycles. The van der Waals surface area contributed by atoms with E-state index in [-0.39, 0.29) is 6.10 Å². The van der Waals surface area contributed by atoms with Gasteiger partial charge in [-0.15, -0.1) is 0 Å². The second kappa shape index (κ2) is 6.41.